The van der Waals surface area contributed by atoms with E-state index in [9.17, 15) is 18.0 Å². The number of pyridine rings is 1. The number of anilines is 2. The van der Waals surface area contributed by atoms with Gasteiger partial charge in [-0.1, -0.05) is 23.7 Å². The predicted molar refractivity (Wildman–Crippen MR) is 125 cm³/mol. The Bertz CT molecular complexity index is 1410. The maximum absolute atomic E-state index is 12.8. The van der Waals surface area contributed by atoms with Crippen molar-refractivity contribution in [3.63, 3.8) is 0 Å². The average molecular weight is 525 g/mol. The quantitative estimate of drug-likeness (QED) is 0.229. The number of carbonyl (C=O) groups excluding carboxylic acids is 1. The molecule has 0 spiro atoms. The Morgan fingerprint density at radius 3 is 2.69 bits per heavy atom. The molecule has 0 amide bonds. The number of esters is 1. The van der Waals surface area contributed by atoms with E-state index in [0.29, 0.717) is 33.9 Å². The molecule has 0 fully saturated rings. The zero-order chi connectivity index (χ0) is 26.0. The first kappa shape index (κ1) is 25.2. The molecule has 0 saturated heterocycles. The normalized spacial score (nSPS) is 12.6. The first-order valence-corrected chi connectivity index (χ1v) is 11.0. The summed E-state index contributed by atoms with van der Waals surface area (Å²) in [5.41, 5.74) is 13.7. The third kappa shape index (κ3) is 4.90. The second kappa shape index (κ2) is 9.99. The van der Waals surface area contributed by atoms with Crippen LogP contribution in [0.25, 0.3) is 33.8 Å². The molecule has 1 atom stereocenters. The molecule has 1 aromatic carbocycles. The van der Waals surface area contributed by atoms with Gasteiger partial charge in [-0.15, -0.1) is 0 Å². The topological polar surface area (TPSA) is 160 Å². The molecule has 15 heteroatoms. The molecule has 3 aromatic heterocycles. The van der Waals surface area contributed by atoms with Crippen LogP contribution in [-0.2, 0) is 16.1 Å². The monoisotopic (exact) mass is 524 g/mol. The highest BCUT2D eigenvalue weighted by Gasteiger charge is 2.42. The lowest BCUT2D eigenvalue weighted by Gasteiger charge is -2.21. The van der Waals surface area contributed by atoms with Gasteiger partial charge in [0.2, 0.25) is 0 Å². The van der Waals surface area contributed by atoms with E-state index in [4.69, 9.17) is 27.7 Å². The summed E-state index contributed by atoms with van der Waals surface area (Å²) in [5, 5.41) is 10.7. The van der Waals surface area contributed by atoms with Crippen LogP contribution in [0, 0.1) is 0 Å². The summed E-state index contributed by atoms with van der Waals surface area (Å²) >= 11 is 6.17. The molecule has 0 aliphatic heterocycles. The zero-order valence-electron chi connectivity index (χ0n) is 18.7. The Morgan fingerprint density at radius 1 is 1.31 bits per heavy atom. The summed E-state index contributed by atoms with van der Waals surface area (Å²) in [4.78, 5) is 20.6. The number of aryl methyl sites for hydroxylation is 1. The molecular formula is C21H20ClF3N8O3. The molecule has 3 heterocycles. The number of hydrogen-bond donors (Lipinski definition) is 3. The van der Waals surface area contributed by atoms with E-state index in [2.05, 4.69) is 30.3 Å². The van der Waals surface area contributed by atoms with Gasteiger partial charge in [-0.25, -0.2) is 14.4 Å². The molecule has 0 bridgehead atoms. The van der Waals surface area contributed by atoms with Gasteiger partial charge in [0.25, 0.3) is 0 Å². The Kier molecular flexibility index (Phi) is 6.99. The number of aromatic nitrogens is 5. The fraction of sp³-hybridized carbons (Fsp3) is 0.286. The van der Waals surface area contributed by atoms with Crippen molar-refractivity contribution in [2.75, 3.05) is 17.6 Å². The van der Waals surface area contributed by atoms with Gasteiger partial charge in [0, 0.05) is 23.6 Å². The highest BCUT2D eigenvalue weighted by molar-refractivity contribution is 6.30. The molecule has 0 radical (unpaired) electrons. The van der Waals surface area contributed by atoms with E-state index >= 15 is 0 Å². The van der Waals surface area contributed by atoms with Gasteiger partial charge in [-0.3, -0.25) is 4.98 Å². The van der Waals surface area contributed by atoms with E-state index in [1.54, 1.807) is 28.8 Å². The van der Waals surface area contributed by atoms with Crippen LogP contribution >= 0.6 is 11.6 Å². The van der Waals surface area contributed by atoms with Gasteiger partial charge in [-0.2, -0.15) is 13.2 Å². The van der Waals surface area contributed by atoms with Crippen LogP contribution in [0.3, 0.4) is 0 Å². The molecule has 11 nitrogen and oxygen atoms in total. The number of ether oxygens (including phenoxy) is 1. The van der Waals surface area contributed by atoms with Crippen LogP contribution in [0.1, 0.15) is 13.3 Å². The summed E-state index contributed by atoms with van der Waals surface area (Å²) in [6.07, 6.45) is -5.28. The number of halogens is 4. The molecule has 190 valence electrons. The Labute approximate surface area is 206 Å². The Hall–Kier alpha value is -3.91. The standard InChI is InChI=1S/C21H20ClF3N8O3/c1-2-33-17-12(29-13(6-7-26)35-20(34)21(23,24)25)9-28-14(10-4-3-5-11(22)8-10)15(17)30-19(33)16-18(27)32-36-31-16/h3-5,8-9,13,29H,2,6-7,26H2,1H3,(H2,27,32). The Morgan fingerprint density at radius 2 is 2.08 bits per heavy atom. The van der Waals surface area contributed by atoms with E-state index in [1.165, 1.54) is 6.20 Å². The number of benzene rings is 1. The van der Waals surface area contributed by atoms with E-state index in [1.807, 2.05) is 6.92 Å². The lowest BCUT2D eigenvalue weighted by atomic mass is 10.1. The number of imidazole rings is 1. The second-order valence-electron chi connectivity index (χ2n) is 7.52. The molecule has 36 heavy (non-hydrogen) atoms. The van der Waals surface area contributed by atoms with Gasteiger partial charge in [-0.05, 0) is 35.9 Å². The van der Waals surface area contributed by atoms with Crippen LogP contribution < -0.4 is 16.8 Å². The summed E-state index contributed by atoms with van der Waals surface area (Å²) in [6.45, 7) is 2.10. The minimum Gasteiger partial charge on any atom is -0.435 e. The fourth-order valence-corrected chi connectivity index (χ4v) is 3.81. The number of fused-ring (bicyclic) bond motifs is 1. The summed E-state index contributed by atoms with van der Waals surface area (Å²) in [6, 6.07) is 6.90. The number of carbonyl (C=O) groups is 1. The van der Waals surface area contributed by atoms with Crippen molar-refractivity contribution in [1.29, 1.82) is 0 Å². The molecule has 5 N–H and O–H groups in total. The summed E-state index contributed by atoms with van der Waals surface area (Å²) in [7, 11) is 0. The minimum absolute atomic E-state index is 0.00750. The number of alkyl halides is 3. The van der Waals surface area contributed by atoms with E-state index in [-0.39, 0.29) is 36.0 Å². The highest BCUT2D eigenvalue weighted by atomic mass is 35.5. The number of nitrogens with one attached hydrogen (secondary N) is 1. The van der Waals surface area contributed by atoms with Crippen molar-refractivity contribution >= 4 is 40.1 Å². The molecule has 4 aromatic rings. The smallest absolute Gasteiger partial charge is 0.435 e. The van der Waals surface area contributed by atoms with Crippen LogP contribution in [0.2, 0.25) is 5.02 Å². The molecule has 4 rings (SSSR count). The van der Waals surface area contributed by atoms with Crippen LogP contribution in [0.4, 0.5) is 24.7 Å². The van der Waals surface area contributed by atoms with Crippen molar-refractivity contribution in [1.82, 2.24) is 24.8 Å². The highest BCUT2D eigenvalue weighted by Crippen LogP contribution is 2.36. The van der Waals surface area contributed by atoms with Crippen LogP contribution in [0.5, 0.6) is 0 Å². The predicted octanol–water partition coefficient (Wildman–Crippen LogP) is 3.60. The van der Waals surface area contributed by atoms with Crippen LogP contribution in [-0.4, -0.2) is 49.8 Å². The first-order valence-electron chi connectivity index (χ1n) is 10.6. The SMILES string of the molecule is CCn1c(-c2nonc2N)nc2c(-c3cccc(Cl)c3)ncc(NC(CCN)OC(=O)C(F)(F)F)c21. The number of nitrogens with zero attached hydrogens (tertiary/aromatic N) is 5. The zero-order valence-corrected chi connectivity index (χ0v) is 19.5. The van der Waals surface area contributed by atoms with Crippen molar-refractivity contribution in [2.45, 2.75) is 32.3 Å². The van der Waals surface area contributed by atoms with Crippen molar-refractivity contribution in [2.24, 2.45) is 5.73 Å². The minimum atomic E-state index is -5.17. The van der Waals surface area contributed by atoms with Gasteiger partial charge in [0.15, 0.2) is 23.6 Å². The van der Waals surface area contributed by atoms with Crippen molar-refractivity contribution in [3.05, 3.63) is 35.5 Å². The Balaban J connectivity index is 1.90. The van der Waals surface area contributed by atoms with Crippen molar-refractivity contribution < 1.29 is 27.3 Å². The molecular weight excluding hydrogens is 505 g/mol. The number of nitrogens with two attached hydrogens (primary N) is 2. The third-order valence-corrected chi connectivity index (χ3v) is 5.37. The largest absolute Gasteiger partial charge is 0.491 e. The molecule has 1 unspecified atom stereocenters. The average Bonchev–Trinajstić information content (AvgIpc) is 3.41. The number of hydrogen-bond acceptors (Lipinski definition) is 10. The van der Waals surface area contributed by atoms with Crippen LogP contribution in [0.15, 0.2) is 35.1 Å². The number of rotatable bonds is 8. The fourth-order valence-electron chi connectivity index (χ4n) is 3.62. The van der Waals surface area contributed by atoms with Gasteiger partial charge in [0.1, 0.15) is 5.52 Å². The molecule has 0 saturated carbocycles. The van der Waals surface area contributed by atoms with E-state index < -0.39 is 18.4 Å². The van der Waals surface area contributed by atoms with Gasteiger partial charge < -0.3 is 26.1 Å². The van der Waals surface area contributed by atoms with Gasteiger partial charge in [0.05, 0.1) is 23.1 Å². The van der Waals surface area contributed by atoms with Gasteiger partial charge >= 0.3 is 12.1 Å². The second-order valence-corrected chi connectivity index (χ2v) is 7.96. The molecule has 0 aliphatic rings. The lowest BCUT2D eigenvalue weighted by Crippen LogP contribution is -2.35. The third-order valence-electron chi connectivity index (χ3n) is 5.14. The summed E-state index contributed by atoms with van der Waals surface area (Å²) in [5.74, 6) is -2.07. The maximum atomic E-state index is 12.8. The maximum Gasteiger partial charge on any atom is 0.491 e. The lowest BCUT2D eigenvalue weighted by molar-refractivity contribution is -0.203. The molecule has 0 aliphatic carbocycles. The summed E-state index contributed by atoms with van der Waals surface area (Å²) < 4.78 is 49.5. The van der Waals surface area contributed by atoms with Crippen molar-refractivity contribution in [3.8, 4) is 22.8 Å². The first-order chi connectivity index (χ1) is 17.1. The van der Waals surface area contributed by atoms with E-state index in [0.717, 1.165) is 0 Å². The number of nitrogen functional groups attached to an aromatic ring is 1.